The van der Waals surface area contributed by atoms with Gasteiger partial charge in [-0.3, -0.25) is 0 Å². The van der Waals surface area contributed by atoms with Crippen molar-refractivity contribution in [2.24, 2.45) is 0 Å². The maximum Gasteiger partial charge on any atom is 0.319 e. The van der Waals surface area contributed by atoms with E-state index in [1.54, 1.807) is 0 Å². The van der Waals surface area contributed by atoms with Crippen LogP contribution in [0.2, 0.25) is 0 Å². The lowest BCUT2D eigenvalue weighted by molar-refractivity contribution is 0.112. The van der Waals surface area contributed by atoms with E-state index in [1.807, 2.05) is 18.2 Å². The number of hydrogen-bond acceptors (Lipinski definition) is 4. The average Bonchev–Trinajstić information content (AvgIpc) is 3.14. The number of carbonyl (C=O) groups excluding carboxylic acids is 1. The number of benzene rings is 1. The van der Waals surface area contributed by atoms with Gasteiger partial charge >= 0.3 is 6.03 Å². The molecule has 2 aliphatic rings. The van der Waals surface area contributed by atoms with E-state index in [1.165, 1.54) is 0 Å². The molecule has 0 saturated carbocycles. The zero-order chi connectivity index (χ0) is 16.8. The van der Waals surface area contributed by atoms with Crippen LogP contribution in [0.4, 0.5) is 16.2 Å². The first-order chi connectivity index (χ1) is 11.8. The Bertz CT molecular complexity index is 538. The van der Waals surface area contributed by atoms with Crippen molar-refractivity contribution in [3.8, 4) is 0 Å². The van der Waals surface area contributed by atoms with E-state index in [4.69, 9.17) is 4.74 Å². The molecule has 0 bridgehead atoms. The summed E-state index contributed by atoms with van der Waals surface area (Å²) in [5, 5.41) is 5.91. The zero-order valence-electron chi connectivity index (χ0n) is 14.5. The monoisotopic (exact) mass is 332 g/mol. The van der Waals surface area contributed by atoms with Crippen LogP contribution >= 0.6 is 0 Å². The molecule has 1 aromatic carbocycles. The van der Waals surface area contributed by atoms with Gasteiger partial charge in [0.05, 0.1) is 17.5 Å². The molecule has 0 aliphatic carbocycles. The number of anilines is 2. The Morgan fingerprint density at radius 1 is 1.25 bits per heavy atom. The second-order valence-corrected chi connectivity index (χ2v) is 6.41. The summed E-state index contributed by atoms with van der Waals surface area (Å²) in [6.45, 7) is 8.78. The molecule has 0 spiro atoms. The van der Waals surface area contributed by atoms with E-state index >= 15 is 0 Å². The minimum Gasteiger partial charge on any atom is -0.376 e. The Morgan fingerprint density at radius 2 is 2.04 bits per heavy atom. The van der Waals surface area contributed by atoms with Crippen LogP contribution in [0.3, 0.4) is 0 Å². The van der Waals surface area contributed by atoms with Crippen molar-refractivity contribution in [1.82, 2.24) is 10.2 Å². The number of para-hydroxylation sites is 2. The van der Waals surface area contributed by atoms with Crippen molar-refractivity contribution in [3.63, 3.8) is 0 Å². The van der Waals surface area contributed by atoms with Crippen molar-refractivity contribution in [2.75, 3.05) is 56.1 Å². The molecule has 6 nitrogen and oxygen atoms in total. The van der Waals surface area contributed by atoms with Crippen LogP contribution in [0.1, 0.15) is 19.8 Å². The third-order valence-corrected chi connectivity index (χ3v) is 4.83. The van der Waals surface area contributed by atoms with Gasteiger partial charge in [-0.25, -0.2) is 4.79 Å². The van der Waals surface area contributed by atoms with Crippen LogP contribution in [-0.2, 0) is 4.74 Å². The van der Waals surface area contributed by atoms with Crippen LogP contribution in [-0.4, -0.2) is 62.9 Å². The van der Waals surface area contributed by atoms with E-state index in [0.717, 1.165) is 63.5 Å². The smallest absolute Gasteiger partial charge is 0.319 e. The zero-order valence-corrected chi connectivity index (χ0v) is 14.5. The number of ether oxygens (including phenoxy) is 1. The molecule has 24 heavy (non-hydrogen) atoms. The summed E-state index contributed by atoms with van der Waals surface area (Å²) >= 11 is 0. The van der Waals surface area contributed by atoms with Crippen LogP contribution in [0, 0.1) is 0 Å². The Labute approximate surface area is 144 Å². The van der Waals surface area contributed by atoms with Crippen molar-refractivity contribution >= 4 is 17.4 Å². The molecule has 3 rings (SSSR count). The van der Waals surface area contributed by atoms with Gasteiger partial charge in [-0.05, 0) is 31.5 Å². The van der Waals surface area contributed by atoms with Crippen molar-refractivity contribution < 1.29 is 9.53 Å². The summed E-state index contributed by atoms with van der Waals surface area (Å²) in [5.41, 5.74) is 1.97. The van der Waals surface area contributed by atoms with E-state index in [2.05, 4.69) is 33.4 Å². The topological polar surface area (TPSA) is 56.8 Å². The molecule has 2 fully saturated rings. The number of piperazine rings is 1. The maximum atomic E-state index is 12.2. The lowest BCUT2D eigenvalue weighted by atomic mass is 10.2. The molecule has 6 heteroatoms. The van der Waals surface area contributed by atoms with Crippen LogP contribution < -0.4 is 15.5 Å². The van der Waals surface area contributed by atoms with Gasteiger partial charge in [-0.2, -0.15) is 0 Å². The first-order valence-corrected chi connectivity index (χ1v) is 8.99. The van der Waals surface area contributed by atoms with Crippen LogP contribution in [0.25, 0.3) is 0 Å². The Balaban J connectivity index is 1.56. The van der Waals surface area contributed by atoms with E-state index in [0.29, 0.717) is 6.54 Å². The lowest BCUT2D eigenvalue weighted by Crippen LogP contribution is -2.46. The molecule has 2 amide bonds. The molecule has 2 aliphatic heterocycles. The predicted molar refractivity (Wildman–Crippen MR) is 96.8 cm³/mol. The maximum absolute atomic E-state index is 12.2. The lowest BCUT2D eigenvalue weighted by Gasteiger charge is -2.36. The first kappa shape index (κ1) is 17.0. The summed E-state index contributed by atoms with van der Waals surface area (Å²) in [4.78, 5) is 17.0. The summed E-state index contributed by atoms with van der Waals surface area (Å²) in [5.74, 6) is 0. The van der Waals surface area contributed by atoms with Crippen LogP contribution in [0.5, 0.6) is 0 Å². The number of carbonyl (C=O) groups is 1. The van der Waals surface area contributed by atoms with Gasteiger partial charge in [-0.15, -0.1) is 0 Å². The molecule has 1 atom stereocenters. The SMILES string of the molecule is CCN1CCN(c2ccccc2NC(=O)NCC2CCCO2)CC1. The molecule has 1 unspecified atom stereocenters. The summed E-state index contributed by atoms with van der Waals surface area (Å²) in [7, 11) is 0. The van der Waals surface area contributed by atoms with Crippen molar-refractivity contribution in [2.45, 2.75) is 25.9 Å². The predicted octanol–water partition coefficient (Wildman–Crippen LogP) is 2.13. The molecule has 2 heterocycles. The van der Waals surface area contributed by atoms with Gasteiger partial charge < -0.3 is 25.2 Å². The highest BCUT2D eigenvalue weighted by molar-refractivity contribution is 5.93. The Hall–Kier alpha value is -1.79. The molecule has 0 radical (unpaired) electrons. The fourth-order valence-corrected chi connectivity index (χ4v) is 3.34. The van der Waals surface area contributed by atoms with Gasteiger partial charge in [0.1, 0.15) is 0 Å². The molecule has 132 valence electrons. The Morgan fingerprint density at radius 3 is 2.75 bits per heavy atom. The third kappa shape index (κ3) is 4.39. The minimum absolute atomic E-state index is 0.160. The second kappa shape index (κ2) is 8.35. The number of hydrogen-bond donors (Lipinski definition) is 2. The molecular weight excluding hydrogens is 304 g/mol. The molecule has 2 N–H and O–H groups in total. The third-order valence-electron chi connectivity index (χ3n) is 4.83. The number of amides is 2. The van der Waals surface area contributed by atoms with Gasteiger partial charge in [0.15, 0.2) is 0 Å². The van der Waals surface area contributed by atoms with Crippen molar-refractivity contribution in [1.29, 1.82) is 0 Å². The number of nitrogens with one attached hydrogen (secondary N) is 2. The summed E-state index contributed by atoms with van der Waals surface area (Å²) in [6.07, 6.45) is 2.27. The van der Waals surface area contributed by atoms with Gasteiger partial charge in [0.2, 0.25) is 0 Å². The highest BCUT2D eigenvalue weighted by Crippen LogP contribution is 2.26. The van der Waals surface area contributed by atoms with E-state index in [-0.39, 0.29) is 12.1 Å². The van der Waals surface area contributed by atoms with Gasteiger partial charge in [0, 0.05) is 39.3 Å². The van der Waals surface area contributed by atoms with Gasteiger partial charge in [-0.1, -0.05) is 19.1 Å². The first-order valence-electron chi connectivity index (χ1n) is 8.99. The number of likely N-dealkylation sites (N-methyl/N-ethyl adjacent to an activating group) is 1. The fourth-order valence-electron chi connectivity index (χ4n) is 3.34. The summed E-state index contributed by atoms with van der Waals surface area (Å²) in [6, 6.07) is 7.87. The number of nitrogens with zero attached hydrogens (tertiary/aromatic N) is 2. The standard InChI is InChI=1S/C18H28N4O2/c1-2-21-9-11-22(12-10-21)17-8-4-3-7-16(17)20-18(23)19-14-15-6-5-13-24-15/h3-4,7-8,15H,2,5-6,9-14H2,1H3,(H2,19,20,23). The number of urea groups is 1. The molecule has 1 aromatic rings. The fraction of sp³-hybridized carbons (Fsp3) is 0.611. The Kier molecular flexibility index (Phi) is 5.93. The molecule has 0 aromatic heterocycles. The van der Waals surface area contributed by atoms with Crippen molar-refractivity contribution in [3.05, 3.63) is 24.3 Å². The van der Waals surface area contributed by atoms with Gasteiger partial charge in [0.25, 0.3) is 0 Å². The average molecular weight is 332 g/mol. The second-order valence-electron chi connectivity index (χ2n) is 6.41. The minimum atomic E-state index is -0.162. The largest absolute Gasteiger partial charge is 0.376 e. The normalized spacial score (nSPS) is 21.7. The molecule has 2 saturated heterocycles. The summed E-state index contributed by atoms with van der Waals surface area (Å²) < 4.78 is 5.54. The number of rotatable bonds is 5. The van der Waals surface area contributed by atoms with Crippen LogP contribution in [0.15, 0.2) is 24.3 Å². The van der Waals surface area contributed by atoms with E-state index < -0.39 is 0 Å². The quantitative estimate of drug-likeness (QED) is 0.867. The molecular formula is C18H28N4O2. The van der Waals surface area contributed by atoms with E-state index in [9.17, 15) is 4.79 Å². The highest BCUT2D eigenvalue weighted by atomic mass is 16.5. The highest BCUT2D eigenvalue weighted by Gasteiger charge is 2.19.